The van der Waals surface area contributed by atoms with E-state index in [2.05, 4.69) is 0 Å². The molecule has 1 aromatic carbocycles. The van der Waals surface area contributed by atoms with Crippen molar-refractivity contribution in [3.8, 4) is 0 Å². The number of carboxylic acid groups (broad SMARTS) is 1. The number of amides is 1. The van der Waals surface area contributed by atoms with Crippen LogP contribution in [-0.4, -0.2) is 34.5 Å². The SMILES string of the molecule is Cc1ccc(C(=O)N2CCC[C@@H]2C(=O)O)c(Cl)c1Cl. The molecule has 6 heteroatoms. The number of hydrogen-bond acceptors (Lipinski definition) is 2. The standard InChI is InChI=1S/C13H13Cl2NO3/c1-7-4-5-8(11(15)10(7)14)12(17)16-6-2-3-9(16)13(18)19/h4-5,9H,2-3,6H2,1H3,(H,18,19)/t9-/m1/s1. The number of benzene rings is 1. The normalized spacial score (nSPS) is 18.7. The molecule has 0 aromatic heterocycles. The first kappa shape index (κ1) is 14.2. The first-order valence-electron chi connectivity index (χ1n) is 5.92. The Hall–Kier alpha value is -1.26. The van der Waals surface area contributed by atoms with Crippen LogP contribution in [0.4, 0.5) is 0 Å². The Morgan fingerprint density at radius 2 is 2.00 bits per heavy atom. The van der Waals surface area contributed by atoms with Gasteiger partial charge in [-0.15, -0.1) is 0 Å². The molecule has 0 radical (unpaired) electrons. The Bertz CT molecular complexity index is 545. The molecule has 102 valence electrons. The van der Waals surface area contributed by atoms with Crippen LogP contribution in [0, 0.1) is 6.92 Å². The van der Waals surface area contributed by atoms with Crippen molar-refractivity contribution in [2.75, 3.05) is 6.54 Å². The van der Waals surface area contributed by atoms with Gasteiger partial charge in [-0.1, -0.05) is 29.3 Å². The van der Waals surface area contributed by atoms with Crippen LogP contribution in [-0.2, 0) is 4.79 Å². The lowest BCUT2D eigenvalue weighted by molar-refractivity contribution is -0.141. The number of aryl methyl sites for hydroxylation is 1. The van der Waals surface area contributed by atoms with E-state index in [1.54, 1.807) is 19.1 Å². The third kappa shape index (κ3) is 2.55. The maximum absolute atomic E-state index is 12.4. The van der Waals surface area contributed by atoms with Crippen molar-refractivity contribution in [1.29, 1.82) is 0 Å². The molecule has 1 aromatic rings. The highest BCUT2D eigenvalue weighted by atomic mass is 35.5. The summed E-state index contributed by atoms with van der Waals surface area (Å²) in [6.07, 6.45) is 1.15. The van der Waals surface area contributed by atoms with Gasteiger partial charge in [0.2, 0.25) is 0 Å². The second-order valence-electron chi connectivity index (χ2n) is 4.55. The number of halogens is 2. The fourth-order valence-corrected chi connectivity index (χ4v) is 2.69. The van der Waals surface area contributed by atoms with Crippen molar-refractivity contribution in [3.63, 3.8) is 0 Å². The molecule has 4 nitrogen and oxygen atoms in total. The van der Waals surface area contributed by atoms with Crippen molar-refractivity contribution in [2.45, 2.75) is 25.8 Å². The second kappa shape index (κ2) is 5.39. The number of aliphatic carboxylic acids is 1. The third-order valence-electron chi connectivity index (χ3n) is 3.30. The minimum absolute atomic E-state index is 0.183. The molecule has 1 saturated heterocycles. The average molecular weight is 302 g/mol. The molecular formula is C13H13Cl2NO3. The molecule has 0 saturated carbocycles. The van der Waals surface area contributed by atoms with Crippen LogP contribution in [0.1, 0.15) is 28.8 Å². The first-order valence-corrected chi connectivity index (χ1v) is 6.67. The number of likely N-dealkylation sites (tertiary alicyclic amines) is 1. The van der Waals surface area contributed by atoms with Gasteiger partial charge in [0.05, 0.1) is 15.6 Å². The zero-order chi connectivity index (χ0) is 14.2. The Labute approximate surface area is 120 Å². The predicted octanol–water partition coefficient (Wildman–Crippen LogP) is 2.99. The van der Waals surface area contributed by atoms with E-state index in [-0.39, 0.29) is 16.5 Å². The summed E-state index contributed by atoms with van der Waals surface area (Å²) in [6, 6.07) is 2.51. The number of carboxylic acids is 1. The minimum Gasteiger partial charge on any atom is -0.480 e. The monoisotopic (exact) mass is 301 g/mol. The molecule has 1 aliphatic heterocycles. The molecular weight excluding hydrogens is 289 g/mol. The molecule has 1 heterocycles. The van der Waals surface area contributed by atoms with E-state index in [0.717, 1.165) is 5.56 Å². The van der Waals surface area contributed by atoms with Crippen LogP contribution >= 0.6 is 23.2 Å². The molecule has 1 aliphatic rings. The molecule has 2 rings (SSSR count). The molecule has 1 atom stereocenters. The quantitative estimate of drug-likeness (QED) is 0.913. The number of rotatable bonds is 2. The Balaban J connectivity index is 2.35. The molecule has 0 aliphatic carbocycles. The lowest BCUT2D eigenvalue weighted by Gasteiger charge is -2.22. The zero-order valence-corrected chi connectivity index (χ0v) is 11.8. The summed E-state index contributed by atoms with van der Waals surface area (Å²) in [5.74, 6) is -1.36. The summed E-state index contributed by atoms with van der Waals surface area (Å²) in [5, 5.41) is 9.61. The van der Waals surface area contributed by atoms with Crippen LogP contribution in [0.25, 0.3) is 0 Å². The third-order valence-corrected chi connectivity index (χ3v) is 4.28. The van der Waals surface area contributed by atoms with E-state index in [0.29, 0.717) is 24.4 Å². The maximum atomic E-state index is 12.4. The maximum Gasteiger partial charge on any atom is 0.326 e. The average Bonchev–Trinajstić information content (AvgIpc) is 2.84. The highest BCUT2D eigenvalue weighted by molar-refractivity contribution is 6.44. The highest BCUT2D eigenvalue weighted by Gasteiger charge is 2.35. The Kier molecular flexibility index (Phi) is 4.02. The summed E-state index contributed by atoms with van der Waals surface area (Å²) in [4.78, 5) is 24.8. The van der Waals surface area contributed by atoms with Gasteiger partial charge in [0.25, 0.3) is 5.91 Å². The van der Waals surface area contributed by atoms with Gasteiger partial charge in [0, 0.05) is 6.54 Å². The van der Waals surface area contributed by atoms with E-state index >= 15 is 0 Å². The first-order chi connectivity index (χ1) is 8.93. The van der Waals surface area contributed by atoms with Gasteiger partial charge < -0.3 is 10.0 Å². The molecule has 0 unspecified atom stereocenters. The van der Waals surface area contributed by atoms with Gasteiger partial charge >= 0.3 is 5.97 Å². The fourth-order valence-electron chi connectivity index (χ4n) is 2.23. The summed E-state index contributed by atoms with van der Waals surface area (Å²) in [6.45, 7) is 2.22. The Morgan fingerprint density at radius 1 is 1.32 bits per heavy atom. The van der Waals surface area contributed by atoms with Crippen LogP contribution in [0.2, 0.25) is 10.0 Å². The summed E-state index contributed by atoms with van der Waals surface area (Å²) >= 11 is 12.1. The lowest BCUT2D eigenvalue weighted by Crippen LogP contribution is -2.40. The van der Waals surface area contributed by atoms with Crippen molar-refractivity contribution in [2.24, 2.45) is 0 Å². The molecule has 0 bridgehead atoms. The van der Waals surface area contributed by atoms with Crippen molar-refractivity contribution < 1.29 is 14.7 Å². The zero-order valence-electron chi connectivity index (χ0n) is 10.3. The highest BCUT2D eigenvalue weighted by Crippen LogP contribution is 2.31. The van der Waals surface area contributed by atoms with Gasteiger partial charge in [-0.25, -0.2) is 4.79 Å². The van der Waals surface area contributed by atoms with Crippen LogP contribution in [0.15, 0.2) is 12.1 Å². The lowest BCUT2D eigenvalue weighted by atomic mass is 10.1. The van der Waals surface area contributed by atoms with E-state index in [1.807, 2.05) is 0 Å². The van der Waals surface area contributed by atoms with E-state index < -0.39 is 12.0 Å². The number of carbonyl (C=O) groups is 2. The van der Waals surface area contributed by atoms with Gasteiger partial charge in [0.15, 0.2) is 0 Å². The van der Waals surface area contributed by atoms with Gasteiger partial charge in [-0.3, -0.25) is 4.79 Å². The largest absolute Gasteiger partial charge is 0.480 e. The molecule has 1 fully saturated rings. The van der Waals surface area contributed by atoms with E-state index in [1.165, 1.54) is 4.90 Å². The van der Waals surface area contributed by atoms with Crippen LogP contribution in [0.5, 0.6) is 0 Å². The van der Waals surface area contributed by atoms with E-state index in [4.69, 9.17) is 28.3 Å². The number of hydrogen-bond donors (Lipinski definition) is 1. The summed E-state index contributed by atoms with van der Waals surface area (Å²) < 4.78 is 0. The fraction of sp³-hybridized carbons (Fsp3) is 0.385. The van der Waals surface area contributed by atoms with Crippen molar-refractivity contribution in [3.05, 3.63) is 33.3 Å². The topological polar surface area (TPSA) is 57.6 Å². The minimum atomic E-state index is -0.986. The van der Waals surface area contributed by atoms with Gasteiger partial charge in [-0.2, -0.15) is 0 Å². The van der Waals surface area contributed by atoms with Crippen LogP contribution < -0.4 is 0 Å². The van der Waals surface area contributed by atoms with Crippen molar-refractivity contribution in [1.82, 2.24) is 4.90 Å². The van der Waals surface area contributed by atoms with E-state index in [9.17, 15) is 9.59 Å². The molecule has 1 N–H and O–H groups in total. The number of nitrogens with zero attached hydrogens (tertiary/aromatic N) is 1. The summed E-state index contributed by atoms with van der Waals surface area (Å²) in [7, 11) is 0. The van der Waals surface area contributed by atoms with Gasteiger partial charge in [0.1, 0.15) is 6.04 Å². The smallest absolute Gasteiger partial charge is 0.326 e. The number of carbonyl (C=O) groups excluding carboxylic acids is 1. The molecule has 1 amide bonds. The second-order valence-corrected chi connectivity index (χ2v) is 5.31. The van der Waals surface area contributed by atoms with Gasteiger partial charge in [-0.05, 0) is 31.4 Å². The van der Waals surface area contributed by atoms with Crippen LogP contribution in [0.3, 0.4) is 0 Å². The van der Waals surface area contributed by atoms with Crippen molar-refractivity contribution >= 4 is 35.1 Å². The molecule has 19 heavy (non-hydrogen) atoms. The molecule has 0 spiro atoms. The summed E-state index contributed by atoms with van der Waals surface area (Å²) in [5.41, 5.74) is 1.03. The predicted molar refractivity (Wildman–Crippen MR) is 72.9 cm³/mol. The Morgan fingerprint density at radius 3 is 2.63 bits per heavy atom.